The standard InChI is InChI=1S/C15H19BrO3/c1-18-14-4-2-3-7-15(14)9-12(17)11-8-10(16)5-6-13(11)19-15/h5-6,8,12,14,17H,2-4,7,9H2,1H3/t12-,14?,15?/m1/s1. The Kier molecular flexibility index (Phi) is 3.58. The van der Waals surface area contributed by atoms with Crippen LogP contribution in [0.5, 0.6) is 5.75 Å². The molecule has 3 rings (SSSR count). The van der Waals surface area contributed by atoms with Gasteiger partial charge in [-0.15, -0.1) is 0 Å². The van der Waals surface area contributed by atoms with Gasteiger partial charge >= 0.3 is 0 Å². The minimum absolute atomic E-state index is 0.0766. The molecule has 2 unspecified atom stereocenters. The van der Waals surface area contributed by atoms with Gasteiger partial charge in [-0.25, -0.2) is 0 Å². The van der Waals surface area contributed by atoms with Crippen LogP contribution in [0.1, 0.15) is 43.8 Å². The summed E-state index contributed by atoms with van der Waals surface area (Å²) in [6.07, 6.45) is 4.50. The molecule has 1 aliphatic carbocycles. The molecule has 1 saturated carbocycles. The molecule has 1 N–H and O–H groups in total. The fourth-order valence-corrected chi connectivity index (χ4v) is 3.81. The van der Waals surface area contributed by atoms with Gasteiger partial charge in [0, 0.05) is 23.6 Å². The highest BCUT2D eigenvalue weighted by molar-refractivity contribution is 9.10. The molecule has 3 nitrogen and oxygen atoms in total. The van der Waals surface area contributed by atoms with E-state index in [1.165, 1.54) is 6.42 Å². The van der Waals surface area contributed by atoms with Gasteiger partial charge in [-0.2, -0.15) is 0 Å². The maximum Gasteiger partial charge on any atom is 0.138 e. The van der Waals surface area contributed by atoms with Crippen LogP contribution in [0.25, 0.3) is 0 Å². The Morgan fingerprint density at radius 2 is 2.26 bits per heavy atom. The van der Waals surface area contributed by atoms with Crippen molar-refractivity contribution >= 4 is 15.9 Å². The third-order valence-electron chi connectivity index (χ3n) is 4.37. The molecule has 0 aromatic heterocycles. The Bertz CT molecular complexity index is 476. The maximum atomic E-state index is 10.5. The molecule has 19 heavy (non-hydrogen) atoms. The van der Waals surface area contributed by atoms with E-state index in [-0.39, 0.29) is 11.7 Å². The normalized spacial score (nSPS) is 33.8. The van der Waals surface area contributed by atoms with E-state index in [1.807, 2.05) is 18.2 Å². The number of hydrogen-bond donors (Lipinski definition) is 1. The number of halogens is 1. The molecular formula is C15H19BrO3. The third-order valence-corrected chi connectivity index (χ3v) is 4.86. The highest BCUT2D eigenvalue weighted by atomic mass is 79.9. The van der Waals surface area contributed by atoms with Crippen LogP contribution < -0.4 is 4.74 Å². The largest absolute Gasteiger partial charge is 0.484 e. The first kappa shape index (κ1) is 13.4. The molecule has 0 saturated heterocycles. The van der Waals surface area contributed by atoms with Gasteiger partial charge in [0.2, 0.25) is 0 Å². The van der Waals surface area contributed by atoms with Crippen LogP contribution in [0.4, 0.5) is 0 Å². The first-order valence-electron chi connectivity index (χ1n) is 6.84. The molecule has 1 aromatic rings. The van der Waals surface area contributed by atoms with Crippen molar-refractivity contribution in [1.29, 1.82) is 0 Å². The Labute approximate surface area is 122 Å². The quantitative estimate of drug-likeness (QED) is 0.857. The number of ether oxygens (including phenoxy) is 2. The summed E-state index contributed by atoms with van der Waals surface area (Å²) in [7, 11) is 1.74. The Hall–Kier alpha value is -0.580. The van der Waals surface area contributed by atoms with Crippen molar-refractivity contribution in [2.75, 3.05) is 7.11 Å². The van der Waals surface area contributed by atoms with E-state index in [2.05, 4.69) is 15.9 Å². The van der Waals surface area contributed by atoms with Crippen LogP contribution in [0.2, 0.25) is 0 Å². The maximum absolute atomic E-state index is 10.5. The van der Waals surface area contributed by atoms with E-state index >= 15 is 0 Å². The molecule has 104 valence electrons. The van der Waals surface area contributed by atoms with Crippen LogP contribution in [-0.2, 0) is 4.74 Å². The van der Waals surface area contributed by atoms with Crippen LogP contribution in [0.3, 0.4) is 0 Å². The van der Waals surface area contributed by atoms with E-state index in [9.17, 15) is 5.11 Å². The third kappa shape index (κ3) is 2.30. The van der Waals surface area contributed by atoms with Crippen molar-refractivity contribution < 1.29 is 14.6 Å². The number of aliphatic hydroxyl groups excluding tert-OH is 1. The van der Waals surface area contributed by atoms with E-state index in [1.54, 1.807) is 7.11 Å². The lowest BCUT2D eigenvalue weighted by Gasteiger charge is -2.47. The lowest BCUT2D eigenvalue weighted by molar-refractivity contribution is -0.130. The second kappa shape index (κ2) is 5.08. The number of hydrogen-bond acceptors (Lipinski definition) is 3. The van der Waals surface area contributed by atoms with Gasteiger partial charge in [-0.05, 0) is 37.5 Å². The van der Waals surface area contributed by atoms with Crippen molar-refractivity contribution in [2.24, 2.45) is 0 Å². The molecule has 1 fully saturated rings. The fourth-order valence-electron chi connectivity index (χ4n) is 3.43. The summed E-state index contributed by atoms with van der Waals surface area (Å²) in [4.78, 5) is 0. The van der Waals surface area contributed by atoms with Gasteiger partial charge in [0.25, 0.3) is 0 Å². The van der Waals surface area contributed by atoms with Gasteiger partial charge in [-0.1, -0.05) is 22.4 Å². The first-order valence-corrected chi connectivity index (χ1v) is 7.63. The molecule has 0 radical (unpaired) electrons. The second-order valence-corrected chi connectivity index (χ2v) is 6.45. The zero-order valence-electron chi connectivity index (χ0n) is 11.1. The van der Waals surface area contributed by atoms with Crippen molar-refractivity contribution in [2.45, 2.75) is 49.9 Å². The van der Waals surface area contributed by atoms with Gasteiger partial charge in [0.1, 0.15) is 11.4 Å². The van der Waals surface area contributed by atoms with Crippen LogP contribution in [0, 0.1) is 0 Å². The molecule has 1 spiro atoms. The van der Waals surface area contributed by atoms with Gasteiger partial charge < -0.3 is 14.6 Å². The zero-order valence-corrected chi connectivity index (χ0v) is 12.6. The minimum atomic E-state index is -0.475. The summed E-state index contributed by atoms with van der Waals surface area (Å²) in [5.41, 5.74) is 0.521. The molecule has 1 aromatic carbocycles. The van der Waals surface area contributed by atoms with E-state index in [4.69, 9.17) is 9.47 Å². The van der Waals surface area contributed by atoms with Gasteiger partial charge in [0.15, 0.2) is 0 Å². The summed E-state index contributed by atoms with van der Waals surface area (Å²) >= 11 is 3.44. The molecule has 3 atom stereocenters. The Balaban J connectivity index is 1.97. The van der Waals surface area contributed by atoms with E-state index in [0.29, 0.717) is 6.42 Å². The van der Waals surface area contributed by atoms with E-state index in [0.717, 1.165) is 35.0 Å². The fraction of sp³-hybridized carbons (Fsp3) is 0.600. The topological polar surface area (TPSA) is 38.7 Å². The van der Waals surface area contributed by atoms with Crippen LogP contribution in [0.15, 0.2) is 22.7 Å². The molecule has 0 amide bonds. The number of aliphatic hydroxyl groups is 1. The number of rotatable bonds is 1. The molecule has 0 bridgehead atoms. The first-order chi connectivity index (χ1) is 9.14. The lowest BCUT2D eigenvalue weighted by atomic mass is 9.75. The summed E-state index contributed by atoms with van der Waals surface area (Å²) in [6, 6.07) is 5.83. The SMILES string of the molecule is COC1CCCCC12C[C@@H](O)c1cc(Br)ccc1O2. The smallest absolute Gasteiger partial charge is 0.138 e. The summed E-state index contributed by atoms with van der Waals surface area (Å²) in [6.45, 7) is 0. The average molecular weight is 327 g/mol. The van der Waals surface area contributed by atoms with Crippen LogP contribution in [-0.4, -0.2) is 23.9 Å². The highest BCUT2D eigenvalue weighted by Gasteiger charge is 2.48. The predicted octanol–water partition coefficient (Wildman–Crippen LogP) is 3.59. The number of fused-ring (bicyclic) bond motifs is 1. The molecule has 1 aliphatic heterocycles. The lowest BCUT2D eigenvalue weighted by Crippen LogP contribution is -2.53. The van der Waals surface area contributed by atoms with Gasteiger partial charge in [-0.3, -0.25) is 0 Å². The van der Waals surface area contributed by atoms with Crippen molar-refractivity contribution in [3.05, 3.63) is 28.2 Å². The second-order valence-electron chi connectivity index (χ2n) is 5.54. The van der Waals surface area contributed by atoms with Crippen LogP contribution >= 0.6 is 15.9 Å². The van der Waals surface area contributed by atoms with Gasteiger partial charge in [0.05, 0.1) is 12.2 Å². The monoisotopic (exact) mass is 326 g/mol. The van der Waals surface area contributed by atoms with Crippen molar-refractivity contribution in [1.82, 2.24) is 0 Å². The zero-order chi connectivity index (χ0) is 13.5. The molecule has 1 heterocycles. The Morgan fingerprint density at radius 3 is 3.05 bits per heavy atom. The van der Waals surface area contributed by atoms with E-state index < -0.39 is 6.10 Å². The summed E-state index contributed by atoms with van der Waals surface area (Å²) in [5, 5.41) is 10.5. The number of methoxy groups -OCH3 is 1. The molecule has 4 heteroatoms. The minimum Gasteiger partial charge on any atom is -0.484 e. The number of benzene rings is 1. The average Bonchev–Trinajstić information content (AvgIpc) is 2.40. The predicted molar refractivity (Wildman–Crippen MR) is 76.3 cm³/mol. The highest BCUT2D eigenvalue weighted by Crippen LogP contribution is 2.47. The summed E-state index contributed by atoms with van der Waals surface area (Å²) in [5.74, 6) is 0.797. The summed E-state index contributed by atoms with van der Waals surface area (Å²) < 4.78 is 12.9. The van der Waals surface area contributed by atoms with Crippen molar-refractivity contribution in [3.8, 4) is 5.75 Å². The Morgan fingerprint density at radius 1 is 1.42 bits per heavy atom. The van der Waals surface area contributed by atoms with Crippen molar-refractivity contribution in [3.63, 3.8) is 0 Å². The molecular weight excluding hydrogens is 308 g/mol. The molecule has 2 aliphatic rings.